The Morgan fingerprint density at radius 2 is 2.15 bits per heavy atom. The molecule has 0 aliphatic heterocycles. The number of benzene rings is 1. The van der Waals surface area contributed by atoms with Crippen molar-refractivity contribution in [3.05, 3.63) is 30.0 Å². The molecule has 1 aromatic carbocycles. The standard InChI is InChI=1S/C14H15NO3S.ClH/c1-9-7-13(19-6-5-14(16)17)11-8-10(18-2)3-4-12(11)15-9;/h3-4,7-8H,5-6H2,1-2H3,(H,16,17);1H. The van der Waals surface area contributed by atoms with Crippen molar-refractivity contribution in [2.75, 3.05) is 12.9 Å². The van der Waals surface area contributed by atoms with Gasteiger partial charge in [0.1, 0.15) is 5.75 Å². The van der Waals surface area contributed by atoms with E-state index >= 15 is 0 Å². The molecule has 2 N–H and O–H groups in total. The number of pyridine rings is 1. The lowest BCUT2D eigenvalue weighted by Gasteiger charge is -2.05. The van der Waals surface area contributed by atoms with Gasteiger partial charge < -0.3 is 22.3 Å². The molecule has 0 fully saturated rings. The molecular weight excluding hydrogens is 298 g/mol. The van der Waals surface area contributed by atoms with E-state index in [1.807, 2.05) is 31.2 Å². The largest absolute Gasteiger partial charge is 1.00 e. The summed E-state index contributed by atoms with van der Waals surface area (Å²) in [4.78, 5) is 15.0. The van der Waals surface area contributed by atoms with E-state index in [-0.39, 0.29) is 18.8 Å². The molecule has 0 aliphatic carbocycles. The molecule has 0 aliphatic rings. The van der Waals surface area contributed by atoms with E-state index in [1.54, 1.807) is 18.9 Å². The lowest BCUT2D eigenvalue weighted by Crippen LogP contribution is -3.00. The second kappa shape index (κ2) is 7.36. The van der Waals surface area contributed by atoms with Gasteiger partial charge in [0.15, 0.2) is 5.69 Å². The van der Waals surface area contributed by atoms with Gasteiger partial charge in [-0.2, -0.15) is 0 Å². The summed E-state index contributed by atoms with van der Waals surface area (Å²) < 4.78 is 5.23. The molecule has 20 heavy (non-hydrogen) atoms. The molecule has 1 aromatic heterocycles. The number of aryl methyl sites for hydroxylation is 1. The molecule has 0 amide bonds. The van der Waals surface area contributed by atoms with Gasteiger partial charge in [0.25, 0.3) is 0 Å². The number of fused-ring (bicyclic) bond motifs is 1. The van der Waals surface area contributed by atoms with Crippen molar-refractivity contribution in [2.24, 2.45) is 0 Å². The van der Waals surface area contributed by atoms with Crippen molar-refractivity contribution >= 4 is 28.6 Å². The predicted molar refractivity (Wildman–Crippen MR) is 74.8 cm³/mol. The summed E-state index contributed by atoms with van der Waals surface area (Å²) in [5.74, 6) is 0.587. The van der Waals surface area contributed by atoms with Crippen LogP contribution in [0.25, 0.3) is 10.9 Å². The van der Waals surface area contributed by atoms with Gasteiger partial charge in [0, 0.05) is 29.7 Å². The van der Waals surface area contributed by atoms with Crippen molar-refractivity contribution in [1.29, 1.82) is 0 Å². The molecule has 0 bridgehead atoms. The first-order chi connectivity index (χ1) is 9.10. The van der Waals surface area contributed by atoms with Crippen molar-refractivity contribution in [3.8, 4) is 5.75 Å². The van der Waals surface area contributed by atoms with Crippen LogP contribution >= 0.6 is 11.8 Å². The Bertz CT molecular complexity index is 619. The number of hydrogen-bond donors (Lipinski definition) is 1. The van der Waals surface area contributed by atoms with Crippen LogP contribution in [0.3, 0.4) is 0 Å². The monoisotopic (exact) mass is 313 g/mol. The first-order valence-electron chi connectivity index (χ1n) is 5.95. The highest BCUT2D eigenvalue weighted by Gasteiger charge is 2.11. The Kier molecular flexibility index (Phi) is 6.10. The van der Waals surface area contributed by atoms with E-state index in [9.17, 15) is 4.79 Å². The molecule has 2 rings (SSSR count). The highest BCUT2D eigenvalue weighted by atomic mass is 35.5. The van der Waals surface area contributed by atoms with Gasteiger partial charge in [0.05, 0.1) is 18.9 Å². The van der Waals surface area contributed by atoms with Crippen molar-refractivity contribution in [1.82, 2.24) is 0 Å². The fourth-order valence-corrected chi connectivity index (χ4v) is 2.93. The number of rotatable bonds is 5. The third kappa shape index (κ3) is 4.02. The number of carboxylic acids is 1. The number of methoxy groups -OCH3 is 1. The molecule has 0 unspecified atom stereocenters. The van der Waals surface area contributed by atoms with Crippen molar-refractivity contribution in [2.45, 2.75) is 18.2 Å². The summed E-state index contributed by atoms with van der Waals surface area (Å²) in [6, 6.07) is 7.88. The highest BCUT2D eigenvalue weighted by Crippen LogP contribution is 2.29. The number of nitrogens with one attached hydrogen (secondary N) is 1. The molecule has 108 valence electrons. The molecular formula is C14H16ClNO3S. The van der Waals surface area contributed by atoms with E-state index in [0.29, 0.717) is 5.75 Å². The summed E-state index contributed by atoms with van der Waals surface area (Å²) in [5, 5.41) is 9.76. The van der Waals surface area contributed by atoms with Crippen LogP contribution < -0.4 is 22.1 Å². The van der Waals surface area contributed by atoms with Crippen LogP contribution in [0.2, 0.25) is 0 Å². The fourth-order valence-electron chi connectivity index (χ4n) is 1.85. The maximum atomic E-state index is 10.6. The minimum atomic E-state index is -0.770. The molecule has 2 aromatic rings. The Morgan fingerprint density at radius 1 is 1.40 bits per heavy atom. The number of aromatic nitrogens is 1. The number of aromatic amines is 1. The summed E-state index contributed by atoms with van der Waals surface area (Å²) in [7, 11) is 1.64. The molecule has 0 radical (unpaired) electrons. The SMILES string of the molecule is COc1ccc2[nH+]c(C)cc(SCCC(=O)O)c2c1.[Cl-]. The van der Waals surface area contributed by atoms with Crippen molar-refractivity contribution < 1.29 is 32.0 Å². The number of carbonyl (C=O) groups is 1. The lowest BCUT2D eigenvalue weighted by atomic mass is 10.2. The molecule has 0 atom stereocenters. The molecule has 0 spiro atoms. The predicted octanol–water partition coefficient (Wildman–Crippen LogP) is -0.458. The van der Waals surface area contributed by atoms with Gasteiger partial charge in [0.2, 0.25) is 5.52 Å². The second-order valence-corrected chi connectivity index (χ2v) is 5.36. The van der Waals surface area contributed by atoms with Crippen LogP contribution in [0.4, 0.5) is 0 Å². The van der Waals surface area contributed by atoms with Crippen LogP contribution in [-0.4, -0.2) is 23.9 Å². The number of halogens is 1. The maximum absolute atomic E-state index is 10.6. The van der Waals surface area contributed by atoms with Crippen LogP contribution in [0.15, 0.2) is 29.2 Å². The molecule has 4 nitrogen and oxygen atoms in total. The average Bonchev–Trinajstić information content (AvgIpc) is 2.37. The number of carboxylic acid groups (broad SMARTS) is 1. The normalized spacial score (nSPS) is 10.1. The van der Waals surface area contributed by atoms with Crippen LogP contribution in [0.1, 0.15) is 12.1 Å². The smallest absolute Gasteiger partial charge is 0.304 e. The van der Waals surface area contributed by atoms with E-state index in [4.69, 9.17) is 9.84 Å². The Balaban J connectivity index is 0.00000200. The number of aliphatic carboxylic acids is 1. The van der Waals surface area contributed by atoms with E-state index in [0.717, 1.165) is 27.2 Å². The Hall–Kier alpha value is -1.46. The van der Waals surface area contributed by atoms with Gasteiger partial charge in [-0.15, -0.1) is 11.8 Å². The molecule has 1 heterocycles. The first-order valence-corrected chi connectivity index (χ1v) is 6.94. The summed E-state index contributed by atoms with van der Waals surface area (Å²) in [5.41, 5.74) is 2.08. The summed E-state index contributed by atoms with van der Waals surface area (Å²) in [6.07, 6.45) is 0.161. The van der Waals surface area contributed by atoms with E-state index in [1.165, 1.54) is 0 Å². The first kappa shape index (κ1) is 16.6. The minimum Gasteiger partial charge on any atom is -1.00 e. The van der Waals surface area contributed by atoms with Gasteiger partial charge in [-0.05, 0) is 12.1 Å². The summed E-state index contributed by atoms with van der Waals surface area (Å²) in [6.45, 7) is 1.99. The number of hydrogen-bond acceptors (Lipinski definition) is 3. The van der Waals surface area contributed by atoms with E-state index < -0.39 is 5.97 Å². The minimum absolute atomic E-state index is 0. The lowest BCUT2D eigenvalue weighted by molar-refractivity contribution is -0.355. The van der Waals surface area contributed by atoms with Crippen LogP contribution in [0, 0.1) is 6.92 Å². The fraction of sp³-hybridized carbons (Fsp3) is 0.286. The van der Waals surface area contributed by atoms with Gasteiger partial charge >= 0.3 is 5.97 Å². The maximum Gasteiger partial charge on any atom is 0.304 e. The van der Waals surface area contributed by atoms with Crippen LogP contribution in [0.5, 0.6) is 5.75 Å². The zero-order chi connectivity index (χ0) is 13.8. The molecule has 0 saturated heterocycles. The van der Waals surface area contributed by atoms with Gasteiger partial charge in [-0.3, -0.25) is 4.79 Å². The Labute approximate surface area is 128 Å². The van der Waals surface area contributed by atoms with Crippen LogP contribution in [-0.2, 0) is 4.79 Å². The van der Waals surface area contributed by atoms with Gasteiger partial charge in [-0.25, -0.2) is 4.98 Å². The molecule has 0 saturated carbocycles. The summed E-state index contributed by atoms with van der Waals surface area (Å²) >= 11 is 1.56. The van der Waals surface area contributed by atoms with Gasteiger partial charge in [-0.1, -0.05) is 0 Å². The number of ether oxygens (including phenoxy) is 1. The third-order valence-corrected chi connectivity index (χ3v) is 3.80. The zero-order valence-electron chi connectivity index (χ0n) is 11.3. The zero-order valence-corrected chi connectivity index (χ0v) is 12.8. The van der Waals surface area contributed by atoms with E-state index in [2.05, 4.69) is 4.98 Å². The average molecular weight is 314 g/mol. The number of thioether (sulfide) groups is 1. The van der Waals surface area contributed by atoms with Crippen molar-refractivity contribution in [3.63, 3.8) is 0 Å². The second-order valence-electron chi connectivity index (χ2n) is 4.22. The quantitative estimate of drug-likeness (QED) is 0.759. The Morgan fingerprint density at radius 3 is 2.80 bits per heavy atom. The highest BCUT2D eigenvalue weighted by molar-refractivity contribution is 7.99. The third-order valence-electron chi connectivity index (χ3n) is 2.75. The number of H-pyrrole nitrogens is 1. The topological polar surface area (TPSA) is 60.7 Å². The molecule has 6 heteroatoms.